The lowest BCUT2D eigenvalue weighted by atomic mass is 9.74. The Morgan fingerprint density at radius 3 is 2.56 bits per heavy atom. The van der Waals surface area contributed by atoms with Crippen LogP contribution in [0.25, 0.3) is 10.9 Å². The Bertz CT molecular complexity index is 1380. The van der Waals surface area contributed by atoms with Gasteiger partial charge in [-0.05, 0) is 66.7 Å². The minimum Gasteiger partial charge on any atom is -0.370 e. The molecule has 3 heterocycles. The van der Waals surface area contributed by atoms with Gasteiger partial charge in [0.15, 0.2) is 0 Å². The summed E-state index contributed by atoms with van der Waals surface area (Å²) in [6.07, 6.45) is 1.67. The first-order valence-corrected chi connectivity index (χ1v) is 11.4. The van der Waals surface area contributed by atoms with Gasteiger partial charge in [-0.3, -0.25) is 9.78 Å². The number of benzene rings is 3. The second-order valence-electron chi connectivity index (χ2n) is 9.19. The van der Waals surface area contributed by atoms with Gasteiger partial charge in [0.2, 0.25) is 0 Å². The molecule has 3 aromatic carbocycles. The largest absolute Gasteiger partial charge is 0.370 e. The number of rotatable bonds is 5. The minimum absolute atomic E-state index is 0.189. The summed E-state index contributed by atoms with van der Waals surface area (Å²) in [5.41, 5.74) is 5.09. The molecular weight excluding hydrogens is 429 g/mol. The SMILES string of the molecule is O=C(Nc1ccc(N2CC3(CNC3)C2)cc1)c1cccc(Nc2ccnc3ccc(F)cc23)c1. The number of hydrogen-bond acceptors (Lipinski definition) is 5. The van der Waals surface area contributed by atoms with Crippen LogP contribution in [0.4, 0.5) is 27.1 Å². The van der Waals surface area contributed by atoms with Crippen molar-refractivity contribution in [2.24, 2.45) is 5.41 Å². The molecule has 2 aliphatic rings. The van der Waals surface area contributed by atoms with E-state index in [1.807, 2.05) is 24.3 Å². The Morgan fingerprint density at radius 2 is 1.79 bits per heavy atom. The van der Waals surface area contributed by atoms with Crippen LogP contribution in [0.3, 0.4) is 0 Å². The van der Waals surface area contributed by atoms with E-state index in [2.05, 4.69) is 38.0 Å². The second kappa shape index (κ2) is 8.11. The zero-order valence-electron chi connectivity index (χ0n) is 18.5. The molecule has 6 rings (SSSR count). The van der Waals surface area contributed by atoms with Gasteiger partial charge in [0.1, 0.15) is 5.82 Å². The van der Waals surface area contributed by atoms with Crippen molar-refractivity contribution >= 4 is 39.6 Å². The van der Waals surface area contributed by atoms with Crippen LogP contribution in [0.15, 0.2) is 79.0 Å². The molecule has 0 atom stereocenters. The summed E-state index contributed by atoms with van der Waals surface area (Å²) in [6.45, 7) is 4.40. The van der Waals surface area contributed by atoms with Crippen molar-refractivity contribution in [2.75, 3.05) is 41.7 Å². The van der Waals surface area contributed by atoms with Crippen molar-refractivity contribution < 1.29 is 9.18 Å². The van der Waals surface area contributed by atoms with E-state index in [9.17, 15) is 9.18 Å². The van der Waals surface area contributed by atoms with Gasteiger partial charge in [0, 0.05) is 71.5 Å². The third kappa shape index (κ3) is 3.84. The summed E-state index contributed by atoms with van der Waals surface area (Å²) >= 11 is 0. The molecule has 170 valence electrons. The molecule has 4 aromatic rings. The lowest BCUT2D eigenvalue weighted by Gasteiger charge is -2.57. The summed E-state index contributed by atoms with van der Waals surface area (Å²) in [5.74, 6) is -0.512. The average molecular weight is 454 g/mol. The molecule has 3 N–H and O–H groups in total. The zero-order chi connectivity index (χ0) is 23.1. The van der Waals surface area contributed by atoms with Gasteiger partial charge >= 0.3 is 0 Å². The number of halogens is 1. The normalized spacial score (nSPS) is 16.1. The van der Waals surface area contributed by atoms with Crippen LogP contribution in [0, 0.1) is 11.2 Å². The van der Waals surface area contributed by atoms with Gasteiger partial charge < -0.3 is 20.9 Å². The number of hydrogen-bond donors (Lipinski definition) is 3. The van der Waals surface area contributed by atoms with Crippen LogP contribution in [0.5, 0.6) is 0 Å². The van der Waals surface area contributed by atoms with Crippen molar-refractivity contribution in [1.29, 1.82) is 0 Å². The van der Waals surface area contributed by atoms with Gasteiger partial charge in [-0.15, -0.1) is 0 Å². The number of nitrogens with zero attached hydrogens (tertiary/aromatic N) is 2. The Hall–Kier alpha value is -3.97. The third-order valence-electron chi connectivity index (χ3n) is 6.65. The fourth-order valence-corrected chi connectivity index (χ4v) is 4.73. The summed E-state index contributed by atoms with van der Waals surface area (Å²) in [5, 5.41) is 10.3. The van der Waals surface area contributed by atoms with E-state index in [1.165, 1.54) is 17.8 Å². The first-order valence-electron chi connectivity index (χ1n) is 11.4. The summed E-state index contributed by atoms with van der Waals surface area (Å²) < 4.78 is 13.8. The lowest BCUT2D eigenvalue weighted by molar-refractivity contribution is 0.102. The van der Waals surface area contributed by atoms with Crippen molar-refractivity contribution in [2.45, 2.75) is 0 Å². The van der Waals surface area contributed by atoms with Gasteiger partial charge in [-0.1, -0.05) is 6.07 Å². The first-order chi connectivity index (χ1) is 16.6. The van der Waals surface area contributed by atoms with E-state index in [-0.39, 0.29) is 11.7 Å². The molecule has 0 unspecified atom stereocenters. The molecule has 6 nitrogen and oxygen atoms in total. The molecule has 0 bridgehead atoms. The van der Waals surface area contributed by atoms with E-state index in [0.717, 1.165) is 43.2 Å². The first kappa shape index (κ1) is 20.6. The third-order valence-corrected chi connectivity index (χ3v) is 6.65. The van der Waals surface area contributed by atoms with E-state index in [1.54, 1.807) is 30.5 Å². The van der Waals surface area contributed by atoms with Crippen LogP contribution in [-0.2, 0) is 0 Å². The Morgan fingerprint density at radius 1 is 0.971 bits per heavy atom. The quantitative estimate of drug-likeness (QED) is 0.406. The molecule has 1 aromatic heterocycles. The molecule has 1 amide bonds. The fourth-order valence-electron chi connectivity index (χ4n) is 4.73. The number of nitrogens with one attached hydrogen (secondary N) is 3. The predicted molar refractivity (Wildman–Crippen MR) is 133 cm³/mol. The Kier molecular flexibility index (Phi) is 4.92. The molecule has 1 spiro atoms. The average Bonchev–Trinajstić information content (AvgIpc) is 2.79. The molecule has 34 heavy (non-hydrogen) atoms. The topological polar surface area (TPSA) is 69.3 Å². The van der Waals surface area contributed by atoms with Gasteiger partial charge in [-0.2, -0.15) is 0 Å². The number of fused-ring (bicyclic) bond motifs is 1. The monoisotopic (exact) mass is 453 g/mol. The molecule has 0 aliphatic carbocycles. The number of anilines is 4. The van der Waals surface area contributed by atoms with E-state index < -0.39 is 0 Å². The Balaban J connectivity index is 1.14. The van der Waals surface area contributed by atoms with Crippen molar-refractivity contribution in [1.82, 2.24) is 10.3 Å². The molecule has 0 radical (unpaired) electrons. The maximum Gasteiger partial charge on any atom is 0.255 e. The maximum absolute atomic E-state index is 13.8. The highest BCUT2D eigenvalue weighted by Crippen LogP contribution is 2.37. The minimum atomic E-state index is -0.323. The lowest BCUT2D eigenvalue weighted by Crippen LogP contribution is -2.71. The Labute approximate surface area is 196 Å². The van der Waals surface area contributed by atoms with Gasteiger partial charge in [-0.25, -0.2) is 4.39 Å². The molecule has 2 aliphatic heterocycles. The maximum atomic E-state index is 13.8. The summed E-state index contributed by atoms with van der Waals surface area (Å²) in [4.78, 5) is 19.5. The smallest absolute Gasteiger partial charge is 0.255 e. The van der Waals surface area contributed by atoms with Crippen molar-refractivity contribution in [3.8, 4) is 0 Å². The van der Waals surface area contributed by atoms with Crippen LogP contribution >= 0.6 is 0 Å². The number of pyridine rings is 1. The van der Waals surface area contributed by atoms with E-state index in [0.29, 0.717) is 21.9 Å². The van der Waals surface area contributed by atoms with E-state index >= 15 is 0 Å². The van der Waals surface area contributed by atoms with Crippen molar-refractivity contribution in [3.05, 3.63) is 90.4 Å². The van der Waals surface area contributed by atoms with Crippen LogP contribution in [0.2, 0.25) is 0 Å². The van der Waals surface area contributed by atoms with Crippen LogP contribution in [0.1, 0.15) is 10.4 Å². The number of aromatic nitrogens is 1. The van der Waals surface area contributed by atoms with E-state index in [4.69, 9.17) is 0 Å². The molecule has 2 saturated heterocycles. The van der Waals surface area contributed by atoms with Crippen LogP contribution < -0.4 is 20.9 Å². The number of amides is 1. The standard InChI is InChI=1S/C27H24FN5O/c28-19-4-9-24-23(13-19)25(10-11-30-24)31-21-3-1-2-18(12-21)26(34)32-20-5-7-22(8-6-20)33-16-27(17-33)14-29-15-27/h1-13,29H,14-17H2,(H,30,31)(H,32,34). The van der Waals surface area contributed by atoms with Gasteiger partial charge in [0.05, 0.1) is 5.52 Å². The fraction of sp³-hybridized carbons (Fsp3) is 0.185. The molecule has 0 saturated carbocycles. The van der Waals surface area contributed by atoms with Crippen molar-refractivity contribution in [3.63, 3.8) is 0 Å². The highest BCUT2D eigenvalue weighted by Gasteiger charge is 2.47. The number of carbonyl (C=O) groups is 1. The zero-order valence-corrected chi connectivity index (χ0v) is 18.5. The molecule has 7 heteroatoms. The number of carbonyl (C=O) groups excluding carboxylic acids is 1. The summed E-state index contributed by atoms with van der Waals surface area (Å²) in [7, 11) is 0. The predicted octanol–water partition coefficient (Wildman–Crippen LogP) is 4.78. The summed E-state index contributed by atoms with van der Waals surface area (Å²) in [6, 6.07) is 21.5. The molecule has 2 fully saturated rings. The highest BCUT2D eigenvalue weighted by atomic mass is 19.1. The highest BCUT2D eigenvalue weighted by molar-refractivity contribution is 6.05. The van der Waals surface area contributed by atoms with Gasteiger partial charge in [0.25, 0.3) is 5.91 Å². The second-order valence-corrected chi connectivity index (χ2v) is 9.19. The molecular formula is C27H24FN5O. The van der Waals surface area contributed by atoms with Crippen LogP contribution in [-0.4, -0.2) is 37.1 Å².